The highest BCUT2D eigenvalue weighted by Gasteiger charge is 2.14. The van der Waals surface area contributed by atoms with Gasteiger partial charge in [0.25, 0.3) is 0 Å². The number of fused-ring (bicyclic) bond motifs is 1. The molecule has 1 N–H and O–H groups in total. The van der Waals surface area contributed by atoms with Gasteiger partial charge >= 0.3 is 5.97 Å². The summed E-state index contributed by atoms with van der Waals surface area (Å²) in [5.74, 6) is -0.731. The SMILES string of the molecule is CCCC(=O)Nc1ccc(C(=O)COC(=O)Cc2ccc3c(c2)CCC3)cc1. The Hall–Kier alpha value is -2.95. The number of amides is 1. The maximum atomic E-state index is 12.2. The first-order valence-electron chi connectivity index (χ1n) is 9.74. The van der Waals surface area contributed by atoms with Gasteiger partial charge < -0.3 is 10.1 Å². The van der Waals surface area contributed by atoms with E-state index in [0.29, 0.717) is 17.7 Å². The molecular formula is C23H25NO4. The zero-order valence-electron chi connectivity index (χ0n) is 16.1. The molecule has 5 nitrogen and oxygen atoms in total. The van der Waals surface area contributed by atoms with Crippen molar-refractivity contribution in [1.29, 1.82) is 0 Å². The zero-order valence-corrected chi connectivity index (χ0v) is 16.1. The standard InChI is InChI=1S/C23H25NO4/c1-2-4-22(26)24-20-11-9-18(10-12-20)21(25)15-28-23(27)14-16-7-8-17-5-3-6-19(17)13-16/h7-13H,2-6,14-15H2,1H3,(H,24,26). The lowest BCUT2D eigenvalue weighted by Crippen LogP contribution is -2.16. The Balaban J connectivity index is 1.48. The van der Waals surface area contributed by atoms with E-state index in [1.54, 1.807) is 24.3 Å². The van der Waals surface area contributed by atoms with Crippen LogP contribution in [0.4, 0.5) is 5.69 Å². The number of carbonyl (C=O) groups is 3. The number of hydrogen-bond acceptors (Lipinski definition) is 4. The number of Topliss-reactive ketones (excluding diaryl/α,β-unsaturated/α-hetero) is 1. The Morgan fingerprint density at radius 3 is 2.50 bits per heavy atom. The van der Waals surface area contributed by atoms with Crippen LogP contribution in [0.25, 0.3) is 0 Å². The van der Waals surface area contributed by atoms with E-state index in [2.05, 4.69) is 17.4 Å². The summed E-state index contributed by atoms with van der Waals surface area (Å²) >= 11 is 0. The van der Waals surface area contributed by atoms with Crippen molar-refractivity contribution in [3.8, 4) is 0 Å². The second kappa shape index (κ2) is 9.31. The Labute approximate surface area is 165 Å². The first-order valence-corrected chi connectivity index (χ1v) is 9.74. The van der Waals surface area contributed by atoms with Gasteiger partial charge in [0.15, 0.2) is 12.4 Å². The summed E-state index contributed by atoms with van der Waals surface area (Å²) in [4.78, 5) is 35.9. The Kier molecular flexibility index (Phi) is 6.58. The van der Waals surface area contributed by atoms with Crippen LogP contribution in [0.5, 0.6) is 0 Å². The van der Waals surface area contributed by atoms with Crippen molar-refractivity contribution in [3.05, 3.63) is 64.7 Å². The molecule has 5 heteroatoms. The van der Waals surface area contributed by atoms with Crippen LogP contribution >= 0.6 is 0 Å². The van der Waals surface area contributed by atoms with Gasteiger partial charge in [0.05, 0.1) is 6.42 Å². The highest BCUT2D eigenvalue weighted by molar-refractivity contribution is 5.98. The minimum absolute atomic E-state index is 0.0536. The van der Waals surface area contributed by atoms with Crippen LogP contribution in [-0.4, -0.2) is 24.3 Å². The maximum absolute atomic E-state index is 12.2. The highest BCUT2D eigenvalue weighted by atomic mass is 16.5. The molecule has 0 aliphatic heterocycles. The second-order valence-corrected chi connectivity index (χ2v) is 7.09. The summed E-state index contributed by atoms with van der Waals surface area (Å²) in [6.07, 6.45) is 4.74. The summed E-state index contributed by atoms with van der Waals surface area (Å²) < 4.78 is 5.15. The Morgan fingerprint density at radius 2 is 1.75 bits per heavy atom. The number of hydrogen-bond donors (Lipinski definition) is 1. The summed E-state index contributed by atoms with van der Waals surface area (Å²) in [5, 5.41) is 2.77. The molecule has 2 aromatic carbocycles. The van der Waals surface area contributed by atoms with E-state index >= 15 is 0 Å². The second-order valence-electron chi connectivity index (χ2n) is 7.09. The van der Waals surface area contributed by atoms with E-state index in [9.17, 15) is 14.4 Å². The average Bonchev–Trinajstić information content (AvgIpc) is 3.14. The van der Waals surface area contributed by atoms with Crippen LogP contribution in [-0.2, 0) is 33.6 Å². The number of anilines is 1. The number of nitrogens with one attached hydrogen (secondary N) is 1. The van der Waals surface area contributed by atoms with Crippen LogP contribution < -0.4 is 5.32 Å². The number of aryl methyl sites for hydroxylation is 2. The van der Waals surface area contributed by atoms with Crippen LogP contribution in [0, 0.1) is 0 Å². The molecule has 0 radical (unpaired) electrons. The van der Waals surface area contributed by atoms with Gasteiger partial charge in [-0.3, -0.25) is 14.4 Å². The molecule has 3 rings (SSSR count). The number of rotatable bonds is 8. The number of carbonyl (C=O) groups excluding carboxylic acids is 3. The van der Waals surface area contributed by atoms with E-state index < -0.39 is 5.97 Å². The summed E-state index contributed by atoms with van der Waals surface area (Å²) in [5.41, 5.74) is 4.68. The number of ketones is 1. The summed E-state index contributed by atoms with van der Waals surface area (Å²) in [7, 11) is 0. The van der Waals surface area contributed by atoms with Crippen molar-refractivity contribution >= 4 is 23.3 Å². The quantitative estimate of drug-likeness (QED) is 0.558. The van der Waals surface area contributed by atoms with E-state index in [0.717, 1.165) is 24.8 Å². The summed E-state index contributed by atoms with van der Waals surface area (Å²) in [6, 6.07) is 12.7. The minimum Gasteiger partial charge on any atom is -0.457 e. The van der Waals surface area contributed by atoms with Crippen molar-refractivity contribution in [2.24, 2.45) is 0 Å². The summed E-state index contributed by atoms with van der Waals surface area (Å²) in [6.45, 7) is 1.65. The molecule has 0 spiro atoms. The molecule has 0 fully saturated rings. The maximum Gasteiger partial charge on any atom is 0.310 e. The van der Waals surface area contributed by atoms with E-state index in [1.165, 1.54) is 17.5 Å². The molecule has 1 aliphatic carbocycles. The Morgan fingerprint density at radius 1 is 1.00 bits per heavy atom. The topological polar surface area (TPSA) is 72.5 Å². The smallest absolute Gasteiger partial charge is 0.310 e. The monoisotopic (exact) mass is 379 g/mol. The average molecular weight is 379 g/mol. The largest absolute Gasteiger partial charge is 0.457 e. The first-order chi connectivity index (χ1) is 13.5. The van der Waals surface area contributed by atoms with Gasteiger partial charge in [0, 0.05) is 17.7 Å². The third-order valence-corrected chi connectivity index (χ3v) is 4.84. The molecule has 0 atom stereocenters. The lowest BCUT2D eigenvalue weighted by Gasteiger charge is -2.07. The van der Waals surface area contributed by atoms with Gasteiger partial charge in [-0.15, -0.1) is 0 Å². The van der Waals surface area contributed by atoms with Crippen molar-refractivity contribution in [3.63, 3.8) is 0 Å². The van der Waals surface area contributed by atoms with Crippen molar-refractivity contribution in [2.75, 3.05) is 11.9 Å². The molecule has 146 valence electrons. The molecule has 0 bridgehead atoms. The minimum atomic E-state index is -0.408. The fraction of sp³-hybridized carbons (Fsp3) is 0.348. The molecule has 0 aromatic heterocycles. The normalized spacial score (nSPS) is 12.3. The fourth-order valence-corrected chi connectivity index (χ4v) is 3.37. The third kappa shape index (κ3) is 5.28. The number of ether oxygens (including phenoxy) is 1. The molecule has 0 heterocycles. The third-order valence-electron chi connectivity index (χ3n) is 4.84. The van der Waals surface area contributed by atoms with Gasteiger partial charge in [-0.2, -0.15) is 0 Å². The lowest BCUT2D eigenvalue weighted by molar-refractivity contribution is -0.141. The van der Waals surface area contributed by atoms with Crippen molar-refractivity contribution in [2.45, 2.75) is 45.4 Å². The molecule has 2 aromatic rings. The first kappa shape index (κ1) is 19.8. The van der Waals surface area contributed by atoms with Crippen LogP contribution in [0.15, 0.2) is 42.5 Å². The van der Waals surface area contributed by atoms with Crippen LogP contribution in [0.2, 0.25) is 0 Å². The highest BCUT2D eigenvalue weighted by Crippen LogP contribution is 2.23. The molecule has 0 saturated heterocycles. The molecule has 28 heavy (non-hydrogen) atoms. The van der Waals surface area contributed by atoms with Gasteiger partial charge in [-0.25, -0.2) is 0 Å². The zero-order chi connectivity index (χ0) is 19.9. The van der Waals surface area contributed by atoms with Gasteiger partial charge in [0.2, 0.25) is 5.91 Å². The number of esters is 1. The van der Waals surface area contributed by atoms with E-state index in [4.69, 9.17) is 4.74 Å². The predicted octanol–water partition coefficient (Wildman–Crippen LogP) is 3.88. The van der Waals surface area contributed by atoms with Gasteiger partial charge in [-0.1, -0.05) is 25.1 Å². The van der Waals surface area contributed by atoms with Gasteiger partial charge in [0.1, 0.15) is 0 Å². The molecule has 1 aliphatic rings. The lowest BCUT2D eigenvalue weighted by atomic mass is 10.0. The predicted molar refractivity (Wildman–Crippen MR) is 107 cm³/mol. The van der Waals surface area contributed by atoms with Crippen molar-refractivity contribution < 1.29 is 19.1 Å². The molecule has 0 saturated carbocycles. The van der Waals surface area contributed by atoms with Crippen LogP contribution in [0.3, 0.4) is 0 Å². The van der Waals surface area contributed by atoms with Crippen molar-refractivity contribution in [1.82, 2.24) is 0 Å². The van der Waals surface area contributed by atoms with E-state index in [1.807, 2.05) is 13.0 Å². The fourth-order valence-electron chi connectivity index (χ4n) is 3.37. The molecular weight excluding hydrogens is 354 g/mol. The Bertz CT molecular complexity index is 871. The number of benzene rings is 2. The molecule has 0 unspecified atom stereocenters. The molecule has 1 amide bonds. The van der Waals surface area contributed by atoms with E-state index in [-0.39, 0.29) is 24.7 Å². The van der Waals surface area contributed by atoms with Crippen LogP contribution in [0.1, 0.15) is 53.2 Å². The van der Waals surface area contributed by atoms with Gasteiger partial charge in [-0.05, 0) is 66.6 Å².